The minimum absolute atomic E-state index is 0.0924. The van der Waals surface area contributed by atoms with Gasteiger partial charge < -0.3 is 11.1 Å². The van der Waals surface area contributed by atoms with Crippen molar-refractivity contribution in [3.05, 3.63) is 100 Å². The van der Waals surface area contributed by atoms with Crippen molar-refractivity contribution in [3.8, 4) is 0 Å². The van der Waals surface area contributed by atoms with E-state index in [-0.39, 0.29) is 12.3 Å². The van der Waals surface area contributed by atoms with Gasteiger partial charge >= 0.3 is 0 Å². The molecular formula is C25H21ClN4O2. The molecule has 0 aliphatic rings. The van der Waals surface area contributed by atoms with Crippen LogP contribution >= 0.6 is 11.6 Å². The van der Waals surface area contributed by atoms with Gasteiger partial charge in [0.2, 0.25) is 5.91 Å². The summed E-state index contributed by atoms with van der Waals surface area (Å²) in [6, 6.07) is 20.3. The predicted molar refractivity (Wildman–Crippen MR) is 126 cm³/mol. The van der Waals surface area contributed by atoms with E-state index in [1.807, 2.05) is 42.5 Å². The van der Waals surface area contributed by atoms with Gasteiger partial charge in [-0.2, -0.15) is 0 Å². The number of carbonyl (C=O) groups excluding carboxylic acids is 2. The molecule has 0 saturated carbocycles. The standard InChI is InChI=1S/C25H21ClN4O2/c26-18-10-7-17(8-11-18)14-23(31)30-19-4-1-3-16(13-19)9-12-22-20-5-2-6-21(25(27)32)24(20)29-15-28-22/h1-8,10-11,13,15H,9,12,14H2,(H2,27,32)(H,30,31). The van der Waals surface area contributed by atoms with Gasteiger partial charge in [-0.25, -0.2) is 9.97 Å². The average Bonchev–Trinajstić information content (AvgIpc) is 2.79. The molecule has 0 radical (unpaired) electrons. The number of hydrogen-bond acceptors (Lipinski definition) is 4. The second kappa shape index (κ2) is 9.58. The zero-order valence-corrected chi connectivity index (χ0v) is 18.0. The first kappa shape index (κ1) is 21.5. The molecular weight excluding hydrogens is 424 g/mol. The van der Waals surface area contributed by atoms with Crippen molar-refractivity contribution in [1.29, 1.82) is 0 Å². The first-order chi connectivity index (χ1) is 15.5. The maximum absolute atomic E-state index is 12.4. The molecule has 0 unspecified atom stereocenters. The minimum atomic E-state index is -0.512. The van der Waals surface area contributed by atoms with Crippen LogP contribution in [0.5, 0.6) is 0 Å². The number of nitrogens with one attached hydrogen (secondary N) is 1. The Morgan fingerprint density at radius 1 is 0.906 bits per heavy atom. The molecule has 0 bridgehead atoms. The van der Waals surface area contributed by atoms with Gasteiger partial charge in [0.05, 0.1) is 23.2 Å². The van der Waals surface area contributed by atoms with Crippen LogP contribution in [0.3, 0.4) is 0 Å². The summed E-state index contributed by atoms with van der Waals surface area (Å²) in [7, 11) is 0. The highest BCUT2D eigenvalue weighted by atomic mass is 35.5. The molecule has 7 heteroatoms. The summed E-state index contributed by atoms with van der Waals surface area (Å²) in [5.41, 5.74) is 9.96. The van der Waals surface area contributed by atoms with Crippen LogP contribution in [-0.4, -0.2) is 21.8 Å². The lowest BCUT2D eigenvalue weighted by Gasteiger charge is -2.09. The zero-order valence-electron chi connectivity index (χ0n) is 17.2. The van der Waals surface area contributed by atoms with Crippen LogP contribution in [-0.2, 0) is 24.1 Å². The lowest BCUT2D eigenvalue weighted by atomic mass is 10.0. The fourth-order valence-electron chi connectivity index (χ4n) is 3.60. The molecule has 3 N–H and O–H groups in total. The topological polar surface area (TPSA) is 98.0 Å². The highest BCUT2D eigenvalue weighted by Gasteiger charge is 2.11. The number of fused-ring (bicyclic) bond motifs is 1. The van der Waals surface area contributed by atoms with Crippen LogP contribution < -0.4 is 11.1 Å². The Labute approximate surface area is 190 Å². The molecule has 2 amide bonds. The molecule has 3 aromatic carbocycles. The number of nitrogens with two attached hydrogens (primary N) is 1. The molecule has 1 aromatic heterocycles. The van der Waals surface area contributed by atoms with Gasteiger partial charge in [0, 0.05) is 16.1 Å². The van der Waals surface area contributed by atoms with Gasteiger partial charge in [-0.3, -0.25) is 9.59 Å². The van der Waals surface area contributed by atoms with Gasteiger partial charge in [-0.1, -0.05) is 48.0 Å². The summed E-state index contributed by atoms with van der Waals surface area (Å²) in [6.07, 6.45) is 3.10. The molecule has 0 atom stereocenters. The highest BCUT2D eigenvalue weighted by molar-refractivity contribution is 6.30. The Bertz CT molecular complexity index is 1290. The van der Waals surface area contributed by atoms with Gasteiger partial charge in [0.25, 0.3) is 5.91 Å². The van der Waals surface area contributed by atoms with Crippen LogP contribution in [0.25, 0.3) is 10.9 Å². The Morgan fingerprint density at radius 2 is 1.69 bits per heavy atom. The number of rotatable bonds is 7. The molecule has 0 saturated heterocycles. The van der Waals surface area contributed by atoms with Crippen molar-refractivity contribution in [2.24, 2.45) is 5.73 Å². The van der Waals surface area contributed by atoms with Crippen LogP contribution in [0.15, 0.2) is 73.1 Å². The smallest absolute Gasteiger partial charge is 0.250 e. The van der Waals surface area contributed by atoms with E-state index in [1.165, 1.54) is 6.33 Å². The number of carbonyl (C=O) groups is 2. The normalized spacial score (nSPS) is 10.8. The first-order valence-electron chi connectivity index (χ1n) is 10.2. The molecule has 0 spiro atoms. The largest absolute Gasteiger partial charge is 0.366 e. The van der Waals surface area contributed by atoms with E-state index in [1.54, 1.807) is 24.3 Å². The molecule has 6 nitrogen and oxygen atoms in total. The number of nitrogens with zero attached hydrogens (tertiary/aromatic N) is 2. The number of halogens is 1. The van der Waals surface area contributed by atoms with E-state index < -0.39 is 5.91 Å². The summed E-state index contributed by atoms with van der Waals surface area (Å²) in [4.78, 5) is 32.7. The van der Waals surface area contributed by atoms with E-state index in [9.17, 15) is 9.59 Å². The van der Waals surface area contributed by atoms with Gasteiger partial charge in [-0.15, -0.1) is 0 Å². The summed E-state index contributed by atoms with van der Waals surface area (Å²) >= 11 is 5.89. The van der Waals surface area contributed by atoms with E-state index in [2.05, 4.69) is 15.3 Å². The highest BCUT2D eigenvalue weighted by Crippen LogP contribution is 2.21. The summed E-state index contributed by atoms with van der Waals surface area (Å²) in [6.45, 7) is 0. The lowest BCUT2D eigenvalue weighted by molar-refractivity contribution is -0.115. The fourth-order valence-corrected chi connectivity index (χ4v) is 3.73. The number of para-hydroxylation sites is 1. The number of benzene rings is 3. The Balaban J connectivity index is 1.44. The third-order valence-corrected chi connectivity index (χ3v) is 5.40. The third-order valence-electron chi connectivity index (χ3n) is 5.15. The molecule has 0 aliphatic carbocycles. The fraction of sp³-hybridized carbons (Fsp3) is 0.120. The van der Waals surface area contributed by atoms with Crippen LogP contribution in [0.4, 0.5) is 5.69 Å². The van der Waals surface area contributed by atoms with Crippen molar-refractivity contribution in [1.82, 2.24) is 9.97 Å². The number of amides is 2. The monoisotopic (exact) mass is 444 g/mol. The van der Waals surface area contributed by atoms with Gasteiger partial charge in [-0.05, 0) is 54.3 Å². The second-order valence-corrected chi connectivity index (χ2v) is 7.87. The first-order valence-corrected chi connectivity index (χ1v) is 10.5. The maximum Gasteiger partial charge on any atom is 0.250 e. The Morgan fingerprint density at radius 3 is 2.47 bits per heavy atom. The van der Waals surface area contributed by atoms with Crippen LogP contribution in [0.2, 0.25) is 5.02 Å². The van der Waals surface area contributed by atoms with Crippen molar-refractivity contribution < 1.29 is 9.59 Å². The number of aryl methyl sites for hydroxylation is 2. The molecule has 0 aliphatic heterocycles. The minimum Gasteiger partial charge on any atom is -0.366 e. The van der Waals surface area contributed by atoms with Crippen molar-refractivity contribution in [2.45, 2.75) is 19.3 Å². The SMILES string of the molecule is NC(=O)c1cccc2c(CCc3cccc(NC(=O)Cc4ccc(Cl)cc4)c3)ncnc12. The van der Waals surface area contributed by atoms with E-state index in [0.717, 1.165) is 27.9 Å². The summed E-state index contributed by atoms with van der Waals surface area (Å²) < 4.78 is 0. The number of aromatic nitrogens is 2. The Hall–Kier alpha value is -3.77. The Kier molecular flexibility index (Phi) is 6.42. The second-order valence-electron chi connectivity index (χ2n) is 7.44. The van der Waals surface area contributed by atoms with Gasteiger partial charge in [0.1, 0.15) is 6.33 Å². The lowest BCUT2D eigenvalue weighted by Crippen LogP contribution is -2.14. The molecule has 4 aromatic rings. The quantitative estimate of drug-likeness (QED) is 0.442. The van der Waals surface area contributed by atoms with E-state index in [0.29, 0.717) is 28.9 Å². The van der Waals surface area contributed by atoms with Crippen molar-refractivity contribution >= 4 is 40.0 Å². The number of primary amides is 1. The number of hydrogen-bond donors (Lipinski definition) is 2. The molecule has 160 valence electrons. The molecule has 32 heavy (non-hydrogen) atoms. The number of anilines is 1. The van der Waals surface area contributed by atoms with Crippen molar-refractivity contribution in [3.63, 3.8) is 0 Å². The van der Waals surface area contributed by atoms with Crippen LogP contribution in [0.1, 0.15) is 27.2 Å². The summed E-state index contributed by atoms with van der Waals surface area (Å²) in [5.74, 6) is -0.604. The molecule has 4 rings (SSSR count). The predicted octanol–water partition coefficient (Wildman–Crippen LogP) is 4.35. The maximum atomic E-state index is 12.4. The average molecular weight is 445 g/mol. The van der Waals surface area contributed by atoms with E-state index >= 15 is 0 Å². The van der Waals surface area contributed by atoms with E-state index in [4.69, 9.17) is 17.3 Å². The third kappa shape index (κ3) is 5.10. The summed E-state index contributed by atoms with van der Waals surface area (Å²) in [5, 5.41) is 4.40. The van der Waals surface area contributed by atoms with Gasteiger partial charge in [0.15, 0.2) is 0 Å². The zero-order chi connectivity index (χ0) is 22.5. The molecule has 1 heterocycles. The van der Waals surface area contributed by atoms with Crippen molar-refractivity contribution in [2.75, 3.05) is 5.32 Å². The van der Waals surface area contributed by atoms with Crippen LogP contribution in [0, 0.1) is 0 Å². The molecule has 0 fully saturated rings.